The molecule has 0 radical (unpaired) electrons. The number of aliphatic hydroxyl groups is 1. The molecule has 4 atom stereocenters. The lowest BCUT2D eigenvalue weighted by molar-refractivity contribution is -0.128. The van der Waals surface area contributed by atoms with E-state index in [1.165, 1.54) is 7.11 Å². The molecule has 1 aliphatic carbocycles. The lowest BCUT2D eigenvalue weighted by Crippen LogP contribution is -2.57. The molecule has 3 rings (SSSR count). The van der Waals surface area contributed by atoms with Crippen LogP contribution in [-0.2, 0) is 4.79 Å². The molecule has 1 aromatic carbocycles. The van der Waals surface area contributed by atoms with Crippen molar-refractivity contribution in [2.24, 2.45) is 16.7 Å². The van der Waals surface area contributed by atoms with E-state index >= 15 is 0 Å². The Kier molecular flexibility index (Phi) is 4.34. The number of rotatable bonds is 4. The van der Waals surface area contributed by atoms with Gasteiger partial charge in [0, 0.05) is 18.3 Å². The zero-order valence-electron chi connectivity index (χ0n) is 15.2. The van der Waals surface area contributed by atoms with Crippen LogP contribution in [0.2, 0.25) is 0 Å². The molecule has 0 aromatic heterocycles. The van der Waals surface area contributed by atoms with Crippen LogP contribution in [0.1, 0.15) is 37.7 Å². The topological polar surface area (TPSA) is 130 Å². The zero-order chi connectivity index (χ0) is 19.9. The summed E-state index contributed by atoms with van der Waals surface area (Å²) in [6, 6.07) is 12.8. The molecule has 2 bridgehead atoms. The third-order valence-electron chi connectivity index (χ3n) is 6.03. The standard InChI is InChI=1S/C20H20N4O3/c1-3-4-15-16(13-5-7-14(27-2)8-6-13)19(11-22,12-23)18(10-21)9-20(15,26)24-17(18)25/h5-8,15-16,26H,3-4,9H2,1-2H3,(H,24,25)/t15-,16+,18+,20+/m1/s1. The second-order valence-electron chi connectivity index (χ2n) is 7.25. The Morgan fingerprint density at radius 2 is 1.85 bits per heavy atom. The van der Waals surface area contributed by atoms with Gasteiger partial charge in [-0.25, -0.2) is 0 Å². The van der Waals surface area contributed by atoms with E-state index in [0.717, 1.165) is 0 Å². The van der Waals surface area contributed by atoms with Gasteiger partial charge in [-0.1, -0.05) is 25.5 Å². The number of carbonyl (C=O) groups is 1. The molecule has 1 aliphatic heterocycles. The summed E-state index contributed by atoms with van der Waals surface area (Å²) in [5, 5.41) is 43.7. The molecule has 0 spiro atoms. The fourth-order valence-electron chi connectivity index (χ4n) is 4.76. The van der Waals surface area contributed by atoms with E-state index in [1.54, 1.807) is 24.3 Å². The van der Waals surface area contributed by atoms with Crippen molar-refractivity contribution in [1.29, 1.82) is 15.8 Å². The van der Waals surface area contributed by atoms with Crippen LogP contribution in [0.3, 0.4) is 0 Å². The molecule has 7 heteroatoms. The van der Waals surface area contributed by atoms with E-state index < -0.39 is 34.3 Å². The lowest BCUT2D eigenvalue weighted by Gasteiger charge is -2.49. The predicted molar refractivity (Wildman–Crippen MR) is 93.5 cm³/mol. The third kappa shape index (κ3) is 2.24. The van der Waals surface area contributed by atoms with Gasteiger partial charge in [0.15, 0.2) is 10.8 Å². The van der Waals surface area contributed by atoms with Crippen LogP contribution in [0, 0.1) is 50.7 Å². The number of nitrogens with zero attached hydrogens (tertiary/aromatic N) is 3. The molecule has 27 heavy (non-hydrogen) atoms. The lowest BCUT2D eigenvalue weighted by atomic mass is 9.48. The number of fused-ring (bicyclic) bond motifs is 2. The predicted octanol–water partition coefficient (Wildman–Crippen LogP) is 1.96. The van der Waals surface area contributed by atoms with Crippen LogP contribution in [0.5, 0.6) is 5.75 Å². The summed E-state index contributed by atoms with van der Waals surface area (Å²) in [5.41, 5.74) is -4.86. The van der Waals surface area contributed by atoms with Gasteiger partial charge in [-0.05, 0) is 24.1 Å². The summed E-state index contributed by atoms with van der Waals surface area (Å²) in [5.74, 6) is -1.54. The van der Waals surface area contributed by atoms with Crippen LogP contribution in [0.4, 0.5) is 0 Å². The van der Waals surface area contributed by atoms with Crippen LogP contribution in [0.15, 0.2) is 24.3 Å². The minimum Gasteiger partial charge on any atom is -0.497 e. The van der Waals surface area contributed by atoms with E-state index in [0.29, 0.717) is 24.2 Å². The van der Waals surface area contributed by atoms with Crippen LogP contribution < -0.4 is 10.1 Å². The highest BCUT2D eigenvalue weighted by Gasteiger charge is 2.76. The van der Waals surface area contributed by atoms with Crippen molar-refractivity contribution in [1.82, 2.24) is 5.32 Å². The first-order valence-electron chi connectivity index (χ1n) is 8.80. The highest BCUT2D eigenvalue weighted by atomic mass is 16.5. The minimum absolute atomic E-state index is 0.270. The molecule has 1 amide bonds. The number of nitriles is 3. The van der Waals surface area contributed by atoms with Crippen molar-refractivity contribution in [3.05, 3.63) is 29.8 Å². The Hall–Kier alpha value is -3.08. The Morgan fingerprint density at radius 1 is 1.22 bits per heavy atom. The van der Waals surface area contributed by atoms with Crippen LogP contribution in [0.25, 0.3) is 0 Å². The highest BCUT2D eigenvalue weighted by molar-refractivity contribution is 5.92. The maximum Gasteiger partial charge on any atom is 0.245 e. The molecule has 0 unspecified atom stereocenters. The molecule has 2 aliphatic rings. The fraction of sp³-hybridized carbons (Fsp3) is 0.500. The number of benzene rings is 1. The van der Waals surface area contributed by atoms with E-state index in [9.17, 15) is 25.7 Å². The van der Waals surface area contributed by atoms with Crippen molar-refractivity contribution in [2.45, 2.75) is 37.8 Å². The quantitative estimate of drug-likeness (QED) is 0.840. The number of carbonyl (C=O) groups excluding carboxylic acids is 1. The van der Waals surface area contributed by atoms with Gasteiger partial charge in [-0.15, -0.1) is 0 Å². The molecule has 1 saturated heterocycles. The first-order chi connectivity index (χ1) is 12.9. The van der Waals surface area contributed by atoms with Crippen molar-refractivity contribution in [3.63, 3.8) is 0 Å². The number of hydrogen-bond donors (Lipinski definition) is 2. The molecule has 1 aromatic rings. The fourth-order valence-corrected chi connectivity index (χ4v) is 4.76. The largest absolute Gasteiger partial charge is 0.497 e. The van der Waals surface area contributed by atoms with E-state index in [1.807, 2.05) is 25.1 Å². The normalized spacial score (nSPS) is 33.3. The molecule has 2 N–H and O–H groups in total. The maximum atomic E-state index is 12.8. The first-order valence-corrected chi connectivity index (χ1v) is 8.80. The first kappa shape index (κ1) is 18.7. The summed E-state index contributed by atoms with van der Waals surface area (Å²) in [6.45, 7) is 1.93. The zero-order valence-corrected chi connectivity index (χ0v) is 15.2. The summed E-state index contributed by atoms with van der Waals surface area (Å²) in [4.78, 5) is 12.8. The molecule has 1 saturated carbocycles. The molecule has 2 fully saturated rings. The number of methoxy groups -OCH3 is 1. The van der Waals surface area contributed by atoms with Gasteiger partial charge in [0.1, 0.15) is 11.5 Å². The van der Waals surface area contributed by atoms with Crippen molar-refractivity contribution < 1.29 is 14.6 Å². The van der Waals surface area contributed by atoms with Crippen molar-refractivity contribution in [2.75, 3.05) is 7.11 Å². The summed E-state index contributed by atoms with van der Waals surface area (Å²) >= 11 is 0. The third-order valence-corrected chi connectivity index (χ3v) is 6.03. The number of hydrogen-bond acceptors (Lipinski definition) is 6. The summed E-state index contributed by atoms with van der Waals surface area (Å²) in [7, 11) is 1.53. The smallest absolute Gasteiger partial charge is 0.245 e. The van der Waals surface area contributed by atoms with Gasteiger partial charge >= 0.3 is 0 Å². The van der Waals surface area contributed by atoms with Crippen LogP contribution >= 0.6 is 0 Å². The van der Waals surface area contributed by atoms with Gasteiger partial charge < -0.3 is 15.2 Å². The van der Waals surface area contributed by atoms with Gasteiger partial charge in [0.25, 0.3) is 0 Å². The summed E-state index contributed by atoms with van der Waals surface area (Å²) in [6.07, 6.45) is 0.899. The summed E-state index contributed by atoms with van der Waals surface area (Å²) < 4.78 is 5.17. The number of nitrogens with one attached hydrogen (secondary N) is 1. The molecular weight excluding hydrogens is 344 g/mol. The molecular formula is C20H20N4O3. The average Bonchev–Trinajstić information content (AvgIpc) is 2.94. The van der Waals surface area contributed by atoms with Gasteiger partial charge in [-0.2, -0.15) is 15.8 Å². The molecule has 7 nitrogen and oxygen atoms in total. The Bertz CT molecular complexity index is 878. The van der Waals surface area contributed by atoms with Gasteiger partial charge in [0.2, 0.25) is 5.91 Å². The van der Waals surface area contributed by atoms with E-state index in [2.05, 4.69) is 5.32 Å². The van der Waals surface area contributed by atoms with Crippen LogP contribution in [-0.4, -0.2) is 23.8 Å². The second-order valence-corrected chi connectivity index (χ2v) is 7.25. The van der Waals surface area contributed by atoms with Gasteiger partial charge in [0.05, 0.1) is 25.3 Å². The number of ether oxygens (including phenoxy) is 1. The number of amides is 1. The van der Waals surface area contributed by atoms with Gasteiger partial charge in [-0.3, -0.25) is 4.79 Å². The van der Waals surface area contributed by atoms with E-state index in [4.69, 9.17) is 4.74 Å². The Labute approximate surface area is 157 Å². The Morgan fingerprint density at radius 3 is 2.33 bits per heavy atom. The van der Waals surface area contributed by atoms with Crippen molar-refractivity contribution >= 4 is 5.91 Å². The molecule has 1 heterocycles. The minimum atomic E-state index is -1.93. The molecule has 138 valence electrons. The highest BCUT2D eigenvalue weighted by Crippen LogP contribution is 2.65. The Balaban J connectivity index is 2.31. The maximum absolute atomic E-state index is 12.8. The average molecular weight is 364 g/mol. The van der Waals surface area contributed by atoms with Crippen molar-refractivity contribution in [3.8, 4) is 24.0 Å². The SMILES string of the molecule is CCC[C@@H]1[C@H](c2ccc(OC)cc2)C(C#N)(C#N)[C@]2(C#N)C[C@@]1(O)NC2=O. The monoisotopic (exact) mass is 364 g/mol. The van der Waals surface area contributed by atoms with E-state index in [-0.39, 0.29) is 6.42 Å². The second kappa shape index (κ2) is 6.27.